The van der Waals surface area contributed by atoms with Gasteiger partial charge in [-0.15, -0.1) is 23.1 Å². The Labute approximate surface area is 164 Å². The zero-order valence-electron chi connectivity index (χ0n) is 15.0. The van der Waals surface area contributed by atoms with E-state index in [2.05, 4.69) is 15.3 Å². The van der Waals surface area contributed by atoms with E-state index in [9.17, 15) is 9.59 Å². The number of hydrogen-bond donors (Lipinski definition) is 1. The van der Waals surface area contributed by atoms with Gasteiger partial charge in [-0.25, -0.2) is 9.97 Å². The van der Waals surface area contributed by atoms with E-state index in [0.717, 1.165) is 5.56 Å². The molecule has 0 aromatic carbocycles. The number of nitrogens with one attached hydrogen (secondary N) is 1. The Morgan fingerprint density at radius 2 is 2.30 bits per heavy atom. The van der Waals surface area contributed by atoms with Crippen LogP contribution in [0.25, 0.3) is 4.96 Å². The van der Waals surface area contributed by atoms with Crippen molar-refractivity contribution in [3.05, 3.63) is 57.6 Å². The van der Waals surface area contributed by atoms with Crippen molar-refractivity contribution in [3.8, 4) is 5.88 Å². The molecule has 3 aromatic heterocycles. The standard InChI is InChI=1S/C18H20N4O3S2/c1-12(2)25-17-13(4-3-5-19-17)9-20-15(23)11-26-10-14-8-16(24)22-6-7-27-18(22)21-14/h3-8,12H,9-11H2,1-2H3,(H,20,23). The number of ether oxygens (including phenoxy) is 1. The van der Waals surface area contributed by atoms with Gasteiger partial charge in [0, 0.05) is 41.7 Å². The first-order chi connectivity index (χ1) is 13.0. The lowest BCUT2D eigenvalue weighted by molar-refractivity contribution is -0.118. The fourth-order valence-electron chi connectivity index (χ4n) is 2.34. The van der Waals surface area contributed by atoms with Crippen molar-refractivity contribution in [2.45, 2.75) is 32.2 Å². The van der Waals surface area contributed by atoms with E-state index in [4.69, 9.17) is 4.74 Å². The summed E-state index contributed by atoms with van der Waals surface area (Å²) in [5, 5.41) is 4.69. The molecule has 0 aliphatic carbocycles. The molecular weight excluding hydrogens is 384 g/mol. The molecule has 0 aliphatic rings. The minimum atomic E-state index is -0.101. The van der Waals surface area contributed by atoms with E-state index in [-0.39, 0.29) is 23.3 Å². The molecule has 3 aromatic rings. The van der Waals surface area contributed by atoms with Crippen LogP contribution in [0.15, 0.2) is 40.8 Å². The van der Waals surface area contributed by atoms with Crippen LogP contribution in [0, 0.1) is 0 Å². The summed E-state index contributed by atoms with van der Waals surface area (Å²) in [6.07, 6.45) is 3.39. The van der Waals surface area contributed by atoms with Gasteiger partial charge in [-0.2, -0.15) is 0 Å². The number of carbonyl (C=O) groups excluding carboxylic acids is 1. The number of nitrogens with zero attached hydrogens (tertiary/aromatic N) is 3. The van der Waals surface area contributed by atoms with Gasteiger partial charge in [-0.3, -0.25) is 14.0 Å². The second-order valence-corrected chi connectivity index (χ2v) is 7.90. The van der Waals surface area contributed by atoms with E-state index in [1.807, 2.05) is 31.4 Å². The molecule has 142 valence electrons. The molecule has 1 N–H and O–H groups in total. The molecule has 9 heteroatoms. The number of carbonyl (C=O) groups is 1. The van der Waals surface area contributed by atoms with Gasteiger partial charge in [0.25, 0.3) is 5.56 Å². The Morgan fingerprint density at radius 1 is 1.44 bits per heavy atom. The summed E-state index contributed by atoms with van der Waals surface area (Å²) in [6, 6.07) is 5.20. The molecule has 0 fully saturated rings. The van der Waals surface area contributed by atoms with Crippen LogP contribution in [-0.2, 0) is 17.1 Å². The Kier molecular flexibility index (Phi) is 6.46. The van der Waals surface area contributed by atoms with E-state index >= 15 is 0 Å². The Bertz CT molecular complexity index is 984. The van der Waals surface area contributed by atoms with Crippen molar-refractivity contribution >= 4 is 34.0 Å². The van der Waals surface area contributed by atoms with Crippen LogP contribution in [0.4, 0.5) is 0 Å². The molecule has 0 unspecified atom stereocenters. The molecule has 7 nitrogen and oxygen atoms in total. The number of fused-ring (bicyclic) bond motifs is 1. The smallest absolute Gasteiger partial charge is 0.258 e. The lowest BCUT2D eigenvalue weighted by Crippen LogP contribution is -2.25. The molecule has 3 heterocycles. The van der Waals surface area contributed by atoms with E-state index in [1.165, 1.54) is 33.6 Å². The fourth-order valence-corrected chi connectivity index (χ4v) is 3.83. The topological polar surface area (TPSA) is 85.6 Å². The highest BCUT2D eigenvalue weighted by Gasteiger charge is 2.09. The summed E-state index contributed by atoms with van der Waals surface area (Å²) in [7, 11) is 0. The van der Waals surface area contributed by atoms with Gasteiger partial charge in [0.1, 0.15) is 0 Å². The number of thiazole rings is 1. The largest absolute Gasteiger partial charge is 0.475 e. The molecule has 3 rings (SSSR count). The number of pyridine rings is 1. The summed E-state index contributed by atoms with van der Waals surface area (Å²) in [5.41, 5.74) is 1.41. The van der Waals surface area contributed by atoms with Crippen LogP contribution >= 0.6 is 23.1 Å². The second kappa shape index (κ2) is 9.01. The van der Waals surface area contributed by atoms with Gasteiger partial charge in [-0.05, 0) is 19.9 Å². The average Bonchev–Trinajstić information content (AvgIpc) is 3.10. The number of rotatable bonds is 8. The summed E-state index contributed by atoms with van der Waals surface area (Å²) in [6.45, 7) is 4.22. The van der Waals surface area contributed by atoms with Crippen molar-refractivity contribution < 1.29 is 9.53 Å². The zero-order chi connectivity index (χ0) is 19.2. The Hall–Kier alpha value is -2.39. The van der Waals surface area contributed by atoms with Crippen LogP contribution in [0.3, 0.4) is 0 Å². The summed E-state index contributed by atoms with van der Waals surface area (Å²) < 4.78 is 7.16. The number of hydrogen-bond acceptors (Lipinski definition) is 7. The first-order valence-electron chi connectivity index (χ1n) is 8.43. The van der Waals surface area contributed by atoms with Crippen molar-refractivity contribution in [1.29, 1.82) is 0 Å². The van der Waals surface area contributed by atoms with Crippen LogP contribution in [0.1, 0.15) is 25.1 Å². The van der Waals surface area contributed by atoms with Gasteiger partial charge in [0.2, 0.25) is 11.8 Å². The van der Waals surface area contributed by atoms with E-state index in [1.54, 1.807) is 12.4 Å². The maximum absolute atomic E-state index is 12.1. The third-order valence-corrected chi connectivity index (χ3v) is 5.24. The van der Waals surface area contributed by atoms with Crippen molar-refractivity contribution in [2.24, 2.45) is 0 Å². The van der Waals surface area contributed by atoms with Crippen molar-refractivity contribution in [2.75, 3.05) is 5.75 Å². The van der Waals surface area contributed by atoms with E-state index < -0.39 is 0 Å². The third-order valence-electron chi connectivity index (χ3n) is 3.51. The molecule has 0 saturated carbocycles. The predicted octanol–water partition coefficient (Wildman–Crippen LogP) is 2.49. The van der Waals surface area contributed by atoms with Gasteiger partial charge < -0.3 is 10.1 Å². The quantitative estimate of drug-likeness (QED) is 0.621. The van der Waals surface area contributed by atoms with Gasteiger partial charge in [0.05, 0.1) is 17.6 Å². The molecule has 1 amide bonds. The SMILES string of the molecule is CC(C)Oc1ncccc1CNC(=O)CSCc1cc(=O)n2ccsc2n1. The van der Waals surface area contributed by atoms with Crippen LogP contribution < -0.4 is 15.6 Å². The lowest BCUT2D eigenvalue weighted by atomic mass is 10.2. The first kappa shape index (κ1) is 19.4. The van der Waals surface area contributed by atoms with Gasteiger partial charge in [-0.1, -0.05) is 6.07 Å². The molecule has 0 saturated heterocycles. The first-order valence-corrected chi connectivity index (χ1v) is 10.5. The normalized spacial score (nSPS) is 11.1. The minimum absolute atomic E-state index is 0.0159. The monoisotopic (exact) mass is 404 g/mol. The van der Waals surface area contributed by atoms with Crippen LogP contribution in [-0.4, -0.2) is 32.1 Å². The highest BCUT2D eigenvalue weighted by atomic mass is 32.2. The maximum Gasteiger partial charge on any atom is 0.258 e. The lowest BCUT2D eigenvalue weighted by Gasteiger charge is -2.13. The molecule has 0 spiro atoms. The minimum Gasteiger partial charge on any atom is -0.475 e. The van der Waals surface area contributed by atoms with Crippen LogP contribution in [0.5, 0.6) is 5.88 Å². The summed E-state index contributed by atoms with van der Waals surface area (Å²) in [4.78, 5) is 33.4. The Morgan fingerprint density at radius 3 is 3.11 bits per heavy atom. The summed E-state index contributed by atoms with van der Waals surface area (Å²) in [5.74, 6) is 1.24. The van der Waals surface area contributed by atoms with E-state index in [0.29, 0.717) is 28.8 Å². The molecule has 0 radical (unpaired) electrons. The predicted molar refractivity (Wildman–Crippen MR) is 107 cm³/mol. The molecular formula is C18H20N4O3S2. The highest BCUT2D eigenvalue weighted by molar-refractivity contribution is 7.99. The second-order valence-electron chi connectivity index (χ2n) is 6.05. The molecule has 27 heavy (non-hydrogen) atoms. The maximum atomic E-state index is 12.1. The number of amides is 1. The molecule has 0 atom stereocenters. The number of thioether (sulfide) groups is 1. The third kappa shape index (κ3) is 5.30. The average molecular weight is 405 g/mol. The molecule has 0 aliphatic heterocycles. The van der Waals surface area contributed by atoms with Crippen LogP contribution in [0.2, 0.25) is 0 Å². The highest BCUT2D eigenvalue weighted by Crippen LogP contribution is 2.16. The Balaban J connectivity index is 1.49. The van der Waals surface area contributed by atoms with Crippen molar-refractivity contribution in [1.82, 2.24) is 19.7 Å². The fraction of sp³-hybridized carbons (Fsp3) is 0.333. The van der Waals surface area contributed by atoms with Crippen molar-refractivity contribution in [3.63, 3.8) is 0 Å². The molecule has 0 bridgehead atoms. The van der Waals surface area contributed by atoms with Gasteiger partial charge >= 0.3 is 0 Å². The number of aromatic nitrogens is 3. The summed E-state index contributed by atoms with van der Waals surface area (Å²) >= 11 is 2.83. The zero-order valence-corrected chi connectivity index (χ0v) is 16.7. The van der Waals surface area contributed by atoms with Gasteiger partial charge in [0.15, 0.2) is 4.96 Å².